The van der Waals surface area contributed by atoms with Gasteiger partial charge in [0.2, 0.25) is 0 Å². The first-order valence-corrected chi connectivity index (χ1v) is 3.88. The average Bonchev–Trinajstić information content (AvgIpc) is 1.89. The van der Waals surface area contributed by atoms with Crippen LogP contribution in [0.15, 0.2) is 0 Å². The van der Waals surface area contributed by atoms with Crippen LogP contribution in [0.25, 0.3) is 0 Å². The summed E-state index contributed by atoms with van der Waals surface area (Å²) in [7, 11) is 0. The van der Waals surface area contributed by atoms with Crippen molar-refractivity contribution in [1.29, 1.82) is 0 Å². The molecule has 1 N–H and O–H groups in total. The van der Waals surface area contributed by atoms with Crippen molar-refractivity contribution in [3.05, 3.63) is 0 Å². The number of rotatable bonds is 1. The first kappa shape index (κ1) is 11.4. The maximum Gasteiger partial charge on any atom is 0.309 e. The van der Waals surface area contributed by atoms with E-state index in [9.17, 15) is 4.79 Å². The number of hydrogen-bond donors (Lipinski definition) is 1. The quantitative estimate of drug-likeness (QED) is 0.727. The van der Waals surface area contributed by atoms with Crippen LogP contribution in [0.3, 0.4) is 0 Å². The Hall–Kier alpha value is 0.392. The molecule has 0 unspecified atom stereocenters. The minimum Gasteiger partial charge on any atom is -0.481 e. The Bertz CT molecular complexity index is 139. The van der Waals surface area contributed by atoms with Crippen LogP contribution in [0.5, 0.6) is 0 Å². The molecule has 1 rings (SSSR count). The number of carbonyl (C=O) groups is 1. The molecule has 0 saturated heterocycles. The maximum absolute atomic E-state index is 10.7. The van der Waals surface area contributed by atoms with Crippen molar-refractivity contribution in [2.45, 2.75) is 39.0 Å². The molecule has 0 amide bonds. The molecule has 3 heteroatoms. The first-order valence-electron chi connectivity index (χ1n) is 3.88. The predicted molar refractivity (Wildman–Crippen MR) is 38.8 cm³/mol. The van der Waals surface area contributed by atoms with E-state index in [1.54, 1.807) is 0 Å². The van der Waals surface area contributed by atoms with Gasteiger partial charge in [0, 0.05) is 27.3 Å². The molecule has 0 aromatic carbocycles. The van der Waals surface area contributed by atoms with Crippen LogP contribution in [-0.4, -0.2) is 11.1 Å². The molecule has 1 saturated carbocycles. The second-order valence-corrected chi connectivity index (χ2v) is 3.43. The van der Waals surface area contributed by atoms with Crippen molar-refractivity contribution in [2.75, 3.05) is 0 Å². The molecule has 0 radical (unpaired) electrons. The fourth-order valence-electron chi connectivity index (χ4n) is 1.55. The number of hydrogen-bond acceptors (Lipinski definition) is 1. The van der Waals surface area contributed by atoms with Gasteiger partial charge in [-0.3, -0.25) is 4.79 Å². The Morgan fingerprint density at radius 1 is 1.27 bits per heavy atom. The standard InChI is InChI=1S/C8H14O2.Cd/c1-8(7(9)10)5-3-2-4-6-8;/h2-6H2,1H3,(H,9,10);. The molecule has 0 heterocycles. The zero-order chi connectivity index (χ0) is 7.61. The van der Waals surface area contributed by atoms with E-state index in [0.29, 0.717) is 0 Å². The molecular weight excluding hydrogens is 240 g/mol. The van der Waals surface area contributed by atoms with Crippen molar-refractivity contribution in [3.8, 4) is 0 Å². The van der Waals surface area contributed by atoms with Crippen LogP contribution in [0, 0.1) is 5.41 Å². The monoisotopic (exact) mass is 256 g/mol. The molecule has 0 atom stereocenters. The molecule has 60 valence electrons. The molecule has 1 aliphatic rings. The predicted octanol–water partition coefficient (Wildman–Crippen LogP) is 2.04. The molecule has 2 nitrogen and oxygen atoms in total. The Labute approximate surface area is 87.5 Å². The smallest absolute Gasteiger partial charge is 0.309 e. The Morgan fingerprint density at radius 2 is 1.73 bits per heavy atom. The van der Waals surface area contributed by atoms with Gasteiger partial charge in [-0.1, -0.05) is 19.3 Å². The second kappa shape index (κ2) is 4.43. The summed E-state index contributed by atoms with van der Waals surface area (Å²) in [4.78, 5) is 10.7. The Balaban J connectivity index is 0.000001000. The molecule has 1 aliphatic carbocycles. The van der Waals surface area contributed by atoms with Crippen LogP contribution < -0.4 is 0 Å². The van der Waals surface area contributed by atoms with Crippen LogP contribution in [-0.2, 0) is 32.1 Å². The van der Waals surface area contributed by atoms with E-state index < -0.39 is 11.4 Å². The summed E-state index contributed by atoms with van der Waals surface area (Å²) in [5, 5.41) is 8.80. The SMILES string of the molecule is CC1(C(=O)O)CCCCC1.[Cd]. The van der Waals surface area contributed by atoms with Crippen molar-refractivity contribution in [3.63, 3.8) is 0 Å². The van der Waals surface area contributed by atoms with E-state index in [2.05, 4.69) is 0 Å². The average molecular weight is 255 g/mol. The van der Waals surface area contributed by atoms with E-state index >= 15 is 0 Å². The summed E-state index contributed by atoms with van der Waals surface area (Å²) in [5.74, 6) is -0.618. The van der Waals surface area contributed by atoms with Gasteiger partial charge in [-0.15, -0.1) is 0 Å². The molecule has 0 spiro atoms. The van der Waals surface area contributed by atoms with Gasteiger partial charge in [0.25, 0.3) is 0 Å². The Kier molecular flexibility index (Phi) is 4.58. The normalized spacial score (nSPS) is 21.9. The van der Waals surface area contributed by atoms with Gasteiger partial charge in [0.15, 0.2) is 0 Å². The van der Waals surface area contributed by atoms with Gasteiger partial charge in [-0.25, -0.2) is 0 Å². The van der Waals surface area contributed by atoms with Gasteiger partial charge in [-0.05, 0) is 19.8 Å². The molecule has 0 aromatic heterocycles. The van der Waals surface area contributed by atoms with Crippen LogP contribution >= 0.6 is 0 Å². The summed E-state index contributed by atoms with van der Waals surface area (Å²) in [6, 6.07) is 0. The third-order valence-electron chi connectivity index (χ3n) is 2.47. The van der Waals surface area contributed by atoms with Crippen LogP contribution in [0.1, 0.15) is 39.0 Å². The molecule has 0 aromatic rings. The summed E-state index contributed by atoms with van der Waals surface area (Å²) in [6.45, 7) is 1.86. The molecule has 0 aliphatic heterocycles. The van der Waals surface area contributed by atoms with Crippen molar-refractivity contribution in [2.24, 2.45) is 5.41 Å². The van der Waals surface area contributed by atoms with E-state index in [1.165, 1.54) is 6.42 Å². The summed E-state index contributed by atoms with van der Waals surface area (Å²) in [6.07, 6.45) is 5.11. The van der Waals surface area contributed by atoms with E-state index in [1.807, 2.05) is 6.92 Å². The second-order valence-electron chi connectivity index (χ2n) is 3.43. The minimum absolute atomic E-state index is 0. The minimum atomic E-state index is -0.618. The largest absolute Gasteiger partial charge is 0.481 e. The summed E-state index contributed by atoms with van der Waals surface area (Å²) in [5.41, 5.74) is -0.405. The van der Waals surface area contributed by atoms with E-state index in [4.69, 9.17) is 5.11 Å². The first-order chi connectivity index (χ1) is 4.65. The van der Waals surface area contributed by atoms with Gasteiger partial charge < -0.3 is 5.11 Å². The van der Waals surface area contributed by atoms with Crippen LogP contribution in [0.4, 0.5) is 0 Å². The van der Waals surface area contributed by atoms with E-state index in [0.717, 1.165) is 25.7 Å². The fraction of sp³-hybridized carbons (Fsp3) is 0.875. The molecular formula is C8H14CdO2. The summed E-state index contributed by atoms with van der Waals surface area (Å²) >= 11 is 0. The zero-order valence-corrected chi connectivity index (χ0v) is 11.1. The van der Waals surface area contributed by atoms with Gasteiger partial charge in [0.05, 0.1) is 5.41 Å². The zero-order valence-electron chi connectivity index (χ0n) is 7.10. The summed E-state index contributed by atoms with van der Waals surface area (Å²) < 4.78 is 0. The van der Waals surface area contributed by atoms with Crippen molar-refractivity contribution >= 4 is 5.97 Å². The Morgan fingerprint density at radius 3 is 2.00 bits per heavy atom. The topological polar surface area (TPSA) is 37.3 Å². The van der Waals surface area contributed by atoms with Gasteiger partial charge in [0.1, 0.15) is 0 Å². The van der Waals surface area contributed by atoms with Crippen LogP contribution in [0.2, 0.25) is 0 Å². The van der Waals surface area contributed by atoms with Crippen molar-refractivity contribution in [1.82, 2.24) is 0 Å². The number of aliphatic carboxylic acids is 1. The van der Waals surface area contributed by atoms with Gasteiger partial charge >= 0.3 is 5.97 Å². The van der Waals surface area contributed by atoms with Gasteiger partial charge in [-0.2, -0.15) is 0 Å². The maximum atomic E-state index is 10.7. The van der Waals surface area contributed by atoms with E-state index in [-0.39, 0.29) is 27.3 Å². The third-order valence-corrected chi connectivity index (χ3v) is 2.47. The molecule has 11 heavy (non-hydrogen) atoms. The number of carboxylic acids is 1. The fourth-order valence-corrected chi connectivity index (χ4v) is 1.55. The third kappa shape index (κ3) is 2.72. The van der Waals surface area contributed by atoms with Crippen molar-refractivity contribution < 1.29 is 37.2 Å². The molecule has 1 fully saturated rings. The molecule has 0 bridgehead atoms. The number of carboxylic acid groups (broad SMARTS) is 1.